The number of piperidine rings is 1. The fourth-order valence-electron chi connectivity index (χ4n) is 4.16. The molecule has 0 aromatic carbocycles. The molecule has 2 saturated heterocycles. The minimum absolute atomic E-state index is 0.0920. The smallest absolute Gasteiger partial charge is 0.270 e. The molecule has 0 aliphatic carbocycles. The van der Waals surface area contributed by atoms with Crippen LogP contribution in [0, 0.1) is 18.3 Å². The minimum Gasteiger partial charge on any atom is -0.357 e. The van der Waals surface area contributed by atoms with Gasteiger partial charge in [-0.15, -0.1) is 0 Å². The van der Waals surface area contributed by atoms with Crippen LogP contribution in [-0.2, 0) is 11.3 Å². The van der Waals surface area contributed by atoms with Crippen molar-refractivity contribution in [2.24, 2.45) is 0 Å². The molecule has 0 spiro atoms. The number of nitrogens with zero attached hydrogens (tertiary/aromatic N) is 4. The van der Waals surface area contributed by atoms with Crippen LogP contribution in [0.3, 0.4) is 0 Å². The van der Waals surface area contributed by atoms with E-state index in [1.54, 1.807) is 9.47 Å². The number of hydrogen-bond donors (Lipinski definition) is 0. The number of amides is 1. The van der Waals surface area contributed by atoms with Crippen LogP contribution >= 0.6 is 24.0 Å². The van der Waals surface area contributed by atoms with E-state index in [1.807, 2.05) is 19.9 Å². The normalized spacial score (nSPS) is 18.2. The molecule has 31 heavy (non-hydrogen) atoms. The van der Waals surface area contributed by atoms with Crippen LogP contribution in [0.4, 0.5) is 5.82 Å². The summed E-state index contributed by atoms with van der Waals surface area (Å²) in [7, 11) is 0. The molecule has 1 amide bonds. The lowest BCUT2D eigenvalue weighted by molar-refractivity contribution is -0.122. The highest BCUT2D eigenvalue weighted by atomic mass is 32.2. The Morgan fingerprint density at radius 1 is 1.13 bits per heavy atom. The Labute approximate surface area is 193 Å². The first-order valence-corrected chi connectivity index (χ1v) is 12.3. The van der Waals surface area contributed by atoms with E-state index in [9.17, 15) is 14.9 Å². The largest absolute Gasteiger partial charge is 0.357 e. The van der Waals surface area contributed by atoms with Crippen molar-refractivity contribution >= 4 is 46.1 Å². The van der Waals surface area contributed by atoms with Gasteiger partial charge in [0, 0.05) is 31.7 Å². The van der Waals surface area contributed by atoms with Crippen molar-refractivity contribution < 1.29 is 4.79 Å². The molecule has 0 saturated carbocycles. The highest BCUT2D eigenvalue weighted by Gasteiger charge is 2.32. The molecule has 6 nitrogen and oxygen atoms in total. The van der Waals surface area contributed by atoms with E-state index < -0.39 is 0 Å². The summed E-state index contributed by atoms with van der Waals surface area (Å²) in [6.45, 7) is 8.82. The van der Waals surface area contributed by atoms with Gasteiger partial charge in [-0.25, -0.2) is 0 Å². The molecule has 1 aromatic rings. The molecule has 3 heterocycles. The summed E-state index contributed by atoms with van der Waals surface area (Å²) in [6.07, 6.45) is 7.81. The van der Waals surface area contributed by atoms with E-state index >= 15 is 0 Å². The number of unbranched alkanes of at least 4 members (excludes halogenated alkanes) is 1. The summed E-state index contributed by atoms with van der Waals surface area (Å²) in [5.74, 6) is 0.751. The van der Waals surface area contributed by atoms with Gasteiger partial charge in [0.25, 0.3) is 11.5 Å². The Balaban J connectivity index is 2.22. The van der Waals surface area contributed by atoms with E-state index in [1.165, 1.54) is 18.2 Å². The van der Waals surface area contributed by atoms with E-state index in [0.29, 0.717) is 27.9 Å². The molecule has 0 N–H and O–H groups in total. The van der Waals surface area contributed by atoms with Crippen LogP contribution in [0.25, 0.3) is 6.08 Å². The fraction of sp³-hybridized carbons (Fsp3) is 0.565. The molecule has 0 radical (unpaired) electrons. The lowest BCUT2D eigenvalue weighted by Crippen LogP contribution is -2.37. The highest BCUT2D eigenvalue weighted by molar-refractivity contribution is 8.26. The van der Waals surface area contributed by atoms with E-state index in [2.05, 4.69) is 17.9 Å². The standard InChI is InChI=1S/C23H30N4O2S2/c1-4-6-13-26-20(25-11-8-7-9-12-25)17(16(3)18(15-24)21(26)28)14-19-22(29)27(10-5-2)23(30)31-19/h14H,4-13H2,1-3H3. The van der Waals surface area contributed by atoms with Crippen molar-refractivity contribution in [1.82, 2.24) is 9.47 Å². The second kappa shape index (κ2) is 10.5. The second-order valence-electron chi connectivity index (χ2n) is 8.04. The van der Waals surface area contributed by atoms with Gasteiger partial charge < -0.3 is 4.90 Å². The van der Waals surface area contributed by atoms with Crippen molar-refractivity contribution in [3.05, 3.63) is 31.9 Å². The Kier molecular flexibility index (Phi) is 7.95. The van der Waals surface area contributed by atoms with E-state index in [0.717, 1.165) is 56.6 Å². The Hall–Kier alpha value is -2.11. The maximum absolute atomic E-state index is 13.2. The predicted octanol–water partition coefficient (Wildman–Crippen LogP) is 4.43. The molecular formula is C23H30N4O2S2. The van der Waals surface area contributed by atoms with Crippen molar-refractivity contribution in [3.63, 3.8) is 0 Å². The van der Waals surface area contributed by atoms with Gasteiger partial charge >= 0.3 is 0 Å². The van der Waals surface area contributed by atoms with Gasteiger partial charge in [0.1, 0.15) is 21.8 Å². The highest BCUT2D eigenvalue weighted by Crippen LogP contribution is 2.36. The van der Waals surface area contributed by atoms with Gasteiger partial charge in [-0.3, -0.25) is 19.1 Å². The maximum Gasteiger partial charge on any atom is 0.270 e. The summed E-state index contributed by atoms with van der Waals surface area (Å²) in [5, 5.41) is 9.74. The minimum atomic E-state index is -0.232. The number of thiocarbonyl (C=S) groups is 1. The third-order valence-corrected chi connectivity index (χ3v) is 7.21. The Bertz CT molecular complexity index is 1000. The molecule has 0 unspecified atom stereocenters. The summed E-state index contributed by atoms with van der Waals surface area (Å²) in [5.41, 5.74) is 1.37. The second-order valence-corrected chi connectivity index (χ2v) is 9.72. The maximum atomic E-state index is 13.2. The lowest BCUT2D eigenvalue weighted by atomic mass is 10.0. The zero-order valence-electron chi connectivity index (χ0n) is 18.6. The van der Waals surface area contributed by atoms with Crippen LogP contribution in [-0.4, -0.2) is 39.3 Å². The van der Waals surface area contributed by atoms with Crippen molar-refractivity contribution in [3.8, 4) is 6.07 Å². The summed E-state index contributed by atoms with van der Waals surface area (Å²) < 4.78 is 2.33. The van der Waals surface area contributed by atoms with Gasteiger partial charge in [-0.1, -0.05) is 44.2 Å². The van der Waals surface area contributed by atoms with Gasteiger partial charge in [0.15, 0.2) is 0 Å². The van der Waals surface area contributed by atoms with Gasteiger partial charge in [0.2, 0.25) is 0 Å². The summed E-state index contributed by atoms with van der Waals surface area (Å²) >= 11 is 6.73. The molecule has 0 bridgehead atoms. The number of thioether (sulfide) groups is 1. The van der Waals surface area contributed by atoms with Crippen LogP contribution in [0.1, 0.15) is 69.1 Å². The molecule has 1 aromatic heterocycles. The quantitative estimate of drug-likeness (QED) is 0.445. The average molecular weight is 459 g/mol. The molecule has 0 atom stereocenters. The number of carbonyl (C=O) groups excluding carboxylic acids is 1. The lowest BCUT2D eigenvalue weighted by Gasteiger charge is -2.33. The third-order valence-electron chi connectivity index (χ3n) is 5.83. The van der Waals surface area contributed by atoms with E-state index in [-0.39, 0.29) is 17.0 Å². The van der Waals surface area contributed by atoms with E-state index in [4.69, 9.17) is 12.2 Å². The van der Waals surface area contributed by atoms with Crippen molar-refractivity contribution in [2.45, 2.75) is 65.8 Å². The van der Waals surface area contributed by atoms with Gasteiger partial charge in [0.05, 0.1) is 4.91 Å². The first-order chi connectivity index (χ1) is 14.9. The number of anilines is 1. The van der Waals surface area contributed by atoms with Crippen LogP contribution in [0.5, 0.6) is 0 Å². The topological polar surface area (TPSA) is 69.3 Å². The van der Waals surface area contributed by atoms with Crippen LogP contribution < -0.4 is 10.5 Å². The van der Waals surface area contributed by atoms with Crippen LogP contribution in [0.15, 0.2) is 9.70 Å². The average Bonchev–Trinajstić information content (AvgIpc) is 3.03. The van der Waals surface area contributed by atoms with Gasteiger partial charge in [-0.05, 0) is 50.7 Å². The summed E-state index contributed by atoms with van der Waals surface area (Å²) in [4.78, 5) is 30.7. The molecule has 2 fully saturated rings. The zero-order chi connectivity index (χ0) is 22.5. The molecule has 8 heteroatoms. The number of rotatable bonds is 7. The number of carbonyl (C=O) groups is 1. The number of hydrogen-bond acceptors (Lipinski definition) is 6. The van der Waals surface area contributed by atoms with Crippen molar-refractivity contribution in [1.29, 1.82) is 5.26 Å². The molecule has 2 aliphatic heterocycles. The van der Waals surface area contributed by atoms with Gasteiger partial charge in [-0.2, -0.15) is 5.26 Å². The Morgan fingerprint density at radius 2 is 1.84 bits per heavy atom. The Morgan fingerprint density at radius 3 is 2.45 bits per heavy atom. The predicted molar refractivity (Wildman–Crippen MR) is 131 cm³/mol. The zero-order valence-corrected chi connectivity index (χ0v) is 20.2. The number of nitriles is 1. The third kappa shape index (κ3) is 4.73. The number of aromatic nitrogens is 1. The molecule has 3 rings (SSSR count). The SMILES string of the molecule is CCCCn1c(N2CCCCC2)c(C=C2SC(=S)N(CCC)C2=O)c(C)c(C#N)c1=O. The first kappa shape index (κ1) is 23.6. The number of pyridine rings is 1. The monoisotopic (exact) mass is 458 g/mol. The molecule has 166 valence electrons. The van der Waals surface area contributed by atoms with Crippen molar-refractivity contribution in [2.75, 3.05) is 24.5 Å². The molecular weight excluding hydrogens is 428 g/mol. The molecule has 2 aliphatic rings. The summed E-state index contributed by atoms with van der Waals surface area (Å²) in [6, 6.07) is 2.12. The first-order valence-electron chi connectivity index (χ1n) is 11.1. The van der Waals surface area contributed by atoms with Crippen LogP contribution in [0.2, 0.25) is 0 Å². The fourth-order valence-corrected chi connectivity index (χ4v) is 5.45.